The summed E-state index contributed by atoms with van der Waals surface area (Å²) in [5.41, 5.74) is 3.69. The van der Waals surface area contributed by atoms with E-state index in [1.165, 1.54) is 16.7 Å². The molecule has 0 saturated heterocycles. The molecule has 2 N–H and O–H groups in total. The molecule has 112 valence electrons. The molecule has 2 heteroatoms. The number of hydrogen-bond donors (Lipinski definition) is 2. The maximum atomic E-state index is 9.46. The SMILES string of the molecule is Cc1ccccc1C(NCC(C)(C)CO)c1ccccc1. The van der Waals surface area contributed by atoms with Crippen molar-refractivity contribution in [1.82, 2.24) is 5.32 Å². The molecule has 0 aromatic heterocycles. The van der Waals surface area contributed by atoms with E-state index in [1.807, 2.05) is 6.07 Å². The third kappa shape index (κ3) is 4.16. The van der Waals surface area contributed by atoms with Crippen LogP contribution in [0.25, 0.3) is 0 Å². The first-order valence-corrected chi connectivity index (χ1v) is 7.48. The smallest absolute Gasteiger partial charge is 0.0579 e. The van der Waals surface area contributed by atoms with Crippen LogP contribution in [0.3, 0.4) is 0 Å². The second kappa shape index (κ2) is 6.88. The minimum atomic E-state index is -0.129. The lowest BCUT2D eigenvalue weighted by molar-refractivity contribution is 0.154. The van der Waals surface area contributed by atoms with E-state index < -0.39 is 0 Å². The molecule has 2 rings (SSSR count). The summed E-state index contributed by atoms with van der Waals surface area (Å²) in [5, 5.41) is 13.1. The van der Waals surface area contributed by atoms with Crippen molar-refractivity contribution < 1.29 is 5.11 Å². The van der Waals surface area contributed by atoms with Crippen molar-refractivity contribution in [2.75, 3.05) is 13.2 Å². The lowest BCUT2D eigenvalue weighted by Crippen LogP contribution is -2.35. The molecule has 0 aliphatic carbocycles. The molecule has 0 aliphatic rings. The van der Waals surface area contributed by atoms with Gasteiger partial charge in [-0.25, -0.2) is 0 Å². The summed E-state index contributed by atoms with van der Waals surface area (Å²) in [6.45, 7) is 7.22. The molecule has 0 heterocycles. The van der Waals surface area contributed by atoms with Gasteiger partial charge in [-0.15, -0.1) is 0 Å². The van der Waals surface area contributed by atoms with E-state index in [-0.39, 0.29) is 18.1 Å². The number of benzene rings is 2. The highest BCUT2D eigenvalue weighted by Crippen LogP contribution is 2.26. The van der Waals surface area contributed by atoms with Gasteiger partial charge < -0.3 is 10.4 Å². The van der Waals surface area contributed by atoms with Crippen molar-refractivity contribution in [3.05, 3.63) is 71.3 Å². The number of aliphatic hydroxyl groups is 1. The molecular weight excluding hydrogens is 258 g/mol. The highest BCUT2D eigenvalue weighted by Gasteiger charge is 2.21. The van der Waals surface area contributed by atoms with Crippen LogP contribution in [0.1, 0.15) is 36.6 Å². The highest BCUT2D eigenvalue weighted by atomic mass is 16.3. The molecule has 0 aliphatic heterocycles. The van der Waals surface area contributed by atoms with Gasteiger partial charge in [-0.2, -0.15) is 0 Å². The van der Waals surface area contributed by atoms with E-state index in [1.54, 1.807) is 0 Å². The zero-order chi connectivity index (χ0) is 15.3. The van der Waals surface area contributed by atoms with Crippen molar-refractivity contribution in [2.45, 2.75) is 26.8 Å². The molecule has 21 heavy (non-hydrogen) atoms. The van der Waals surface area contributed by atoms with Gasteiger partial charge in [0.25, 0.3) is 0 Å². The third-order valence-corrected chi connectivity index (χ3v) is 3.85. The maximum Gasteiger partial charge on any atom is 0.0579 e. The van der Waals surface area contributed by atoms with Crippen LogP contribution in [0.5, 0.6) is 0 Å². The Morgan fingerprint density at radius 1 is 1.00 bits per heavy atom. The van der Waals surface area contributed by atoms with Crippen LogP contribution >= 0.6 is 0 Å². The van der Waals surface area contributed by atoms with Crippen molar-refractivity contribution in [2.24, 2.45) is 5.41 Å². The van der Waals surface area contributed by atoms with Gasteiger partial charge in [0.1, 0.15) is 0 Å². The molecule has 1 atom stereocenters. The average Bonchev–Trinajstić information content (AvgIpc) is 2.50. The second-order valence-electron chi connectivity index (χ2n) is 6.40. The molecule has 2 aromatic rings. The van der Waals surface area contributed by atoms with E-state index in [2.05, 4.69) is 74.6 Å². The minimum absolute atomic E-state index is 0.129. The Morgan fingerprint density at radius 2 is 1.62 bits per heavy atom. The number of rotatable bonds is 6. The van der Waals surface area contributed by atoms with Crippen molar-refractivity contribution in [3.8, 4) is 0 Å². The monoisotopic (exact) mass is 283 g/mol. The first kappa shape index (κ1) is 15.7. The van der Waals surface area contributed by atoms with Gasteiger partial charge in [-0.3, -0.25) is 0 Å². The summed E-state index contributed by atoms with van der Waals surface area (Å²) in [6, 6.07) is 19.1. The van der Waals surface area contributed by atoms with Gasteiger partial charge in [0.05, 0.1) is 6.04 Å². The first-order valence-electron chi connectivity index (χ1n) is 7.48. The summed E-state index contributed by atoms with van der Waals surface area (Å²) in [6.07, 6.45) is 0. The fourth-order valence-electron chi connectivity index (χ4n) is 2.40. The normalized spacial score (nSPS) is 13.1. The zero-order valence-corrected chi connectivity index (χ0v) is 13.1. The van der Waals surface area contributed by atoms with Gasteiger partial charge in [-0.1, -0.05) is 68.4 Å². The molecule has 0 bridgehead atoms. The third-order valence-electron chi connectivity index (χ3n) is 3.85. The van der Waals surface area contributed by atoms with Gasteiger partial charge in [0, 0.05) is 18.6 Å². The lowest BCUT2D eigenvalue weighted by atomic mass is 9.91. The Labute approximate surface area is 127 Å². The van der Waals surface area contributed by atoms with E-state index in [0.29, 0.717) is 0 Å². The number of aliphatic hydroxyl groups excluding tert-OH is 1. The Bertz CT molecular complexity index is 563. The average molecular weight is 283 g/mol. The molecule has 0 amide bonds. The fourth-order valence-corrected chi connectivity index (χ4v) is 2.40. The lowest BCUT2D eigenvalue weighted by Gasteiger charge is -2.28. The summed E-state index contributed by atoms with van der Waals surface area (Å²) in [5.74, 6) is 0. The largest absolute Gasteiger partial charge is 0.396 e. The highest BCUT2D eigenvalue weighted by molar-refractivity contribution is 5.36. The van der Waals surface area contributed by atoms with Crippen LogP contribution in [0.4, 0.5) is 0 Å². The van der Waals surface area contributed by atoms with Crippen LogP contribution in [0.15, 0.2) is 54.6 Å². The molecule has 0 fully saturated rings. The second-order valence-corrected chi connectivity index (χ2v) is 6.40. The van der Waals surface area contributed by atoms with E-state index >= 15 is 0 Å². The van der Waals surface area contributed by atoms with E-state index in [9.17, 15) is 5.11 Å². The molecule has 1 unspecified atom stereocenters. The summed E-state index contributed by atoms with van der Waals surface area (Å²) >= 11 is 0. The van der Waals surface area contributed by atoms with E-state index in [0.717, 1.165) is 6.54 Å². The van der Waals surface area contributed by atoms with Crippen molar-refractivity contribution in [3.63, 3.8) is 0 Å². The van der Waals surface area contributed by atoms with Crippen molar-refractivity contribution in [1.29, 1.82) is 0 Å². The van der Waals surface area contributed by atoms with Crippen LogP contribution in [-0.4, -0.2) is 18.3 Å². The van der Waals surface area contributed by atoms with Crippen molar-refractivity contribution >= 4 is 0 Å². The Kier molecular flexibility index (Phi) is 5.16. The number of nitrogens with one attached hydrogen (secondary N) is 1. The minimum Gasteiger partial charge on any atom is -0.396 e. The first-order chi connectivity index (χ1) is 10.0. The summed E-state index contributed by atoms with van der Waals surface area (Å²) in [7, 11) is 0. The van der Waals surface area contributed by atoms with Crippen LogP contribution in [-0.2, 0) is 0 Å². The van der Waals surface area contributed by atoms with E-state index in [4.69, 9.17) is 0 Å². The Balaban J connectivity index is 2.30. The molecular formula is C19H25NO. The molecule has 2 nitrogen and oxygen atoms in total. The molecule has 0 spiro atoms. The summed E-state index contributed by atoms with van der Waals surface area (Å²) < 4.78 is 0. The number of aryl methyl sites for hydroxylation is 1. The predicted octanol–water partition coefficient (Wildman–Crippen LogP) is 3.69. The maximum absolute atomic E-state index is 9.46. The quantitative estimate of drug-likeness (QED) is 0.847. The summed E-state index contributed by atoms with van der Waals surface area (Å²) in [4.78, 5) is 0. The molecule has 0 radical (unpaired) electrons. The molecule has 0 saturated carbocycles. The zero-order valence-electron chi connectivity index (χ0n) is 13.1. The Hall–Kier alpha value is -1.64. The van der Waals surface area contributed by atoms with Crippen LogP contribution < -0.4 is 5.32 Å². The standard InChI is InChI=1S/C19H25NO/c1-15-9-7-8-12-17(15)18(16-10-5-4-6-11-16)20-13-19(2,3)14-21/h4-12,18,20-21H,13-14H2,1-3H3. The van der Waals surface area contributed by atoms with Gasteiger partial charge >= 0.3 is 0 Å². The molecule has 2 aromatic carbocycles. The Morgan fingerprint density at radius 3 is 2.24 bits per heavy atom. The van der Waals surface area contributed by atoms with Crippen LogP contribution in [0, 0.1) is 12.3 Å². The van der Waals surface area contributed by atoms with Crippen LogP contribution in [0.2, 0.25) is 0 Å². The van der Waals surface area contributed by atoms with Gasteiger partial charge in [0.2, 0.25) is 0 Å². The fraction of sp³-hybridized carbons (Fsp3) is 0.368. The topological polar surface area (TPSA) is 32.3 Å². The van der Waals surface area contributed by atoms with Gasteiger partial charge in [-0.05, 0) is 23.6 Å². The predicted molar refractivity (Wildman–Crippen MR) is 88.3 cm³/mol. The number of hydrogen-bond acceptors (Lipinski definition) is 2. The van der Waals surface area contributed by atoms with Gasteiger partial charge in [0.15, 0.2) is 0 Å².